The van der Waals surface area contributed by atoms with Crippen LogP contribution in [0.4, 0.5) is 5.69 Å². The Morgan fingerprint density at radius 3 is 2.52 bits per heavy atom. The molecule has 0 saturated heterocycles. The number of benzene rings is 3. The molecule has 2 amide bonds. The van der Waals surface area contributed by atoms with Crippen LogP contribution in [-0.2, 0) is 16.2 Å². The van der Waals surface area contributed by atoms with E-state index in [1.165, 1.54) is 11.8 Å². The summed E-state index contributed by atoms with van der Waals surface area (Å²) in [7, 11) is 0. The molecule has 0 aliphatic carbocycles. The van der Waals surface area contributed by atoms with Gasteiger partial charge >= 0.3 is 11.8 Å². The Hall–Kier alpha value is -3.45. The molecule has 2 N–H and O–H groups in total. The van der Waals surface area contributed by atoms with Crippen molar-refractivity contribution >= 4 is 39.6 Å². The quantitative estimate of drug-likeness (QED) is 0.304. The third kappa shape index (κ3) is 6.79. The van der Waals surface area contributed by atoms with Gasteiger partial charge in [-0.15, -0.1) is 0 Å². The smallest absolute Gasteiger partial charge is 0.329 e. The van der Waals surface area contributed by atoms with E-state index in [1.54, 1.807) is 18.2 Å². The average molecular weight is 480 g/mol. The van der Waals surface area contributed by atoms with E-state index in [2.05, 4.69) is 31.8 Å². The van der Waals surface area contributed by atoms with Gasteiger partial charge in [-0.2, -0.15) is 5.10 Å². The van der Waals surface area contributed by atoms with Crippen molar-refractivity contribution in [1.29, 1.82) is 0 Å². The second-order valence-electron chi connectivity index (χ2n) is 6.96. The number of halogens is 1. The summed E-state index contributed by atoms with van der Waals surface area (Å²) in [6.45, 7) is 4.33. The van der Waals surface area contributed by atoms with Crippen LogP contribution in [0.5, 0.6) is 5.75 Å². The summed E-state index contributed by atoms with van der Waals surface area (Å²) in [5, 5.41) is 6.43. The van der Waals surface area contributed by atoms with Gasteiger partial charge in [0.05, 0.1) is 6.21 Å². The molecule has 31 heavy (non-hydrogen) atoms. The molecule has 3 aromatic carbocycles. The lowest BCUT2D eigenvalue weighted by Crippen LogP contribution is -2.32. The Labute approximate surface area is 189 Å². The molecular weight excluding hydrogens is 458 g/mol. The zero-order valence-corrected chi connectivity index (χ0v) is 18.8. The van der Waals surface area contributed by atoms with Crippen LogP contribution in [0.25, 0.3) is 0 Å². The molecular formula is C24H22BrN3O3. The highest BCUT2D eigenvalue weighted by Gasteiger charge is 2.14. The summed E-state index contributed by atoms with van der Waals surface area (Å²) in [6.07, 6.45) is 1.45. The highest BCUT2D eigenvalue weighted by atomic mass is 79.9. The van der Waals surface area contributed by atoms with E-state index in [4.69, 9.17) is 4.74 Å². The number of hydrazone groups is 1. The zero-order chi connectivity index (χ0) is 22.2. The van der Waals surface area contributed by atoms with Gasteiger partial charge in [-0.1, -0.05) is 57.9 Å². The average Bonchev–Trinajstić information content (AvgIpc) is 2.75. The molecule has 0 radical (unpaired) electrons. The second-order valence-corrected chi connectivity index (χ2v) is 7.87. The SMILES string of the molecule is Cc1ccc(COc2cccc(C=NNC(=O)C(=O)Nc3ccc(Br)cc3C)c2)cc1. The number of carbonyl (C=O) groups is 2. The standard InChI is InChI=1S/C24H22BrN3O3/c1-16-6-8-18(9-7-16)15-31-21-5-3-4-19(13-21)14-26-28-24(30)23(29)27-22-11-10-20(25)12-17(22)2/h3-14H,15H2,1-2H3,(H,27,29)(H,28,30). The fraction of sp³-hybridized carbons (Fsp3) is 0.125. The summed E-state index contributed by atoms with van der Waals surface area (Å²) in [5.41, 5.74) is 6.63. The number of hydrogen-bond acceptors (Lipinski definition) is 4. The van der Waals surface area contributed by atoms with Crippen molar-refractivity contribution < 1.29 is 14.3 Å². The number of carbonyl (C=O) groups excluding carboxylic acids is 2. The monoisotopic (exact) mass is 479 g/mol. The summed E-state index contributed by atoms with van der Waals surface area (Å²) in [5.74, 6) is -0.970. The van der Waals surface area contributed by atoms with Crippen LogP contribution < -0.4 is 15.5 Å². The number of nitrogens with one attached hydrogen (secondary N) is 2. The lowest BCUT2D eigenvalue weighted by molar-refractivity contribution is -0.136. The molecule has 0 fully saturated rings. The molecule has 3 rings (SSSR count). The second kappa shape index (κ2) is 10.5. The molecule has 0 aromatic heterocycles. The Kier molecular flexibility index (Phi) is 7.56. The number of nitrogens with zero attached hydrogens (tertiary/aromatic N) is 1. The summed E-state index contributed by atoms with van der Waals surface area (Å²) < 4.78 is 6.70. The summed E-state index contributed by atoms with van der Waals surface area (Å²) >= 11 is 3.36. The molecule has 0 bridgehead atoms. The molecule has 0 aliphatic rings. The summed E-state index contributed by atoms with van der Waals surface area (Å²) in [6, 6.07) is 20.8. The lowest BCUT2D eigenvalue weighted by Gasteiger charge is -2.08. The highest BCUT2D eigenvalue weighted by molar-refractivity contribution is 9.10. The molecule has 0 spiro atoms. The molecule has 0 atom stereocenters. The third-order valence-corrected chi connectivity index (χ3v) is 4.90. The topological polar surface area (TPSA) is 79.8 Å². The minimum Gasteiger partial charge on any atom is -0.489 e. The van der Waals surface area contributed by atoms with Gasteiger partial charge in [0.2, 0.25) is 0 Å². The lowest BCUT2D eigenvalue weighted by atomic mass is 10.2. The van der Waals surface area contributed by atoms with Crippen LogP contribution in [0.15, 0.2) is 76.3 Å². The molecule has 0 unspecified atom stereocenters. The van der Waals surface area contributed by atoms with Crippen molar-refractivity contribution in [2.45, 2.75) is 20.5 Å². The van der Waals surface area contributed by atoms with Gasteiger partial charge < -0.3 is 10.1 Å². The van der Waals surface area contributed by atoms with E-state index in [9.17, 15) is 9.59 Å². The third-order valence-electron chi connectivity index (χ3n) is 4.41. The maximum absolute atomic E-state index is 12.1. The van der Waals surface area contributed by atoms with E-state index in [0.29, 0.717) is 18.0 Å². The van der Waals surface area contributed by atoms with E-state index in [-0.39, 0.29) is 0 Å². The van der Waals surface area contributed by atoms with Crippen molar-refractivity contribution in [3.05, 3.63) is 93.5 Å². The number of ether oxygens (including phenoxy) is 1. The first kappa shape index (κ1) is 22.2. The van der Waals surface area contributed by atoms with E-state index in [1.807, 2.05) is 62.4 Å². The van der Waals surface area contributed by atoms with Crippen LogP contribution in [0.3, 0.4) is 0 Å². The van der Waals surface area contributed by atoms with Gasteiger partial charge in [-0.3, -0.25) is 9.59 Å². The van der Waals surface area contributed by atoms with Crippen molar-refractivity contribution in [3.8, 4) is 5.75 Å². The van der Waals surface area contributed by atoms with Crippen molar-refractivity contribution in [3.63, 3.8) is 0 Å². The van der Waals surface area contributed by atoms with Gasteiger partial charge in [-0.25, -0.2) is 5.43 Å². The predicted octanol–water partition coefficient (Wildman–Crippen LogP) is 4.73. The van der Waals surface area contributed by atoms with Crippen molar-refractivity contribution in [2.75, 3.05) is 5.32 Å². The minimum atomic E-state index is -0.856. The van der Waals surface area contributed by atoms with Gasteiger partial charge in [0.15, 0.2) is 0 Å². The molecule has 6 nitrogen and oxygen atoms in total. The van der Waals surface area contributed by atoms with Crippen LogP contribution in [-0.4, -0.2) is 18.0 Å². The fourth-order valence-electron chi connectivity index (χ4n) is 2.70. The molecule has 0 heterocycles. The van der Waals surface area contributed by atoms with Crippen LogP contribution in [0, 0.1) is 13.8 Å². The highest BCUT2D eigenvalue weighted by Crippen LogP contribution is 2.20. The van der Waals surface area contributed by atoms with Crippen LogP contribution in [0.1, 0.15) is 22.3 Å². The van der Waals surface area contributed by atoms with E-state index < -0.39 is 11.8 Å². The molecule has 158 valence electrons. The Balaban J connectivity index is 1.52. The van der Waals surface area contributed by atoms with Crippen LogP contribution in [0.2, 0.25) is 0 Å². The van der Waals surface area contributed by atoms with Crippen LogP contribution >= 0.6 is 15.9 Å². The van der Waals surface area contributed by atoms with Gasteiger partial charge in [-0.05, 0) is 60.9 Å². The Morgan fingerprint density at radius 1 is 1.00 bits per heavy atom. The number of anilines is 1. The molecule has 0 saturated carbocycles. The first-order valence-corrected chi connectivity index (χ1v) is 10.4. The maximum atomic E-state index is 12.1. The largest absolute Gasteiger partial charge is 0.489 e. The first-order chi connectivity index (χ1) is 14.9. The first-order valence-electron chi connectivity index (χ1n) is 9.59. The number of aryl methyl sites for hydroxylation is 2. The molecule has 0 aliphatic heterocycles. The number of rotatable bonds is 6. The Morgan fingerprint density at radius 2 is 1.77 bits per heavy atom. The zero-order valence-electron chi connectivity index (χ0n) is 17.2. The fourth-order valence-corrected chi connectivity index (χ4v) is 3.17. The number of amides is 2. The molecule has 3 aromatic rings. The predicted molar refractivity (Wildman–Crippen MR) is 125 cm³/mol. The van der Waals surface area contributed by atoms with E-state index >= 15 is 0 Å². The van der Waals surface area contributed by atoms with Gasteiger partial charge in [0.1, 0.15) is 12.4 Å². The summed E-state index contributed by atoms with van der Waals surface area (Å²) in [4.78, 5) is 24.1. The minimum absolute atomic E-state index is 0.452. The Bertz CT molecular complexity index is 1110. The van der Waals surface area contributed by atoms with Gasteiger partial charge in [0, 0.05) is 10.2 Å². The van der Waals surface area contributed by atoms with E-state index in [0.717, 1.165) is 21.2 Å². The van der Waals surface area contributed by atoms with Crippen molar-refractivity contribution in [1.82, 2.24) is 5.43 Å². The van der Waals surface area contributed by atoms with Gasteiger partial charge in [0.25, 0.3) is 0 Å². The number of hydrogen-bond donors (Lipinski definition) is 2. The normalized spacial score (nSPS) is 10.7. The maximum Gasteiger partial charge on any atom is 0.329 e. The molecule has 7 heteroatoms. The van der Waals surface area contributed by atoms with Crippen molar-refractivity contribution in [2.24, 2.45) is 5.10 Å².